The summed E-state index contributed by atoms with van der Waals surface area (Å²) in [7, 11) is 2.12. The number of nitrogens with one attached hydrogen (secondary N) is 1. The van der Waals surface area contributed by atoms with Crippen LogP contribution in [0.2, 0.25) is 0 Å². The highest BCUT2D eigenvalue weighted by atomic mass is 19.1. The monoisotopic (exact) mass is 366 g/mol. The molecular formula is C21H23FN4O. The van der Waals surface area contributed by atoms with Crippen molar-refractivity contribution in [2.75, 3.05) is 25.5 Å². The maximum atomic E-state index is 14.1. The number of fused-ring (bicyclic) bond motifs is 1. The summed E-state index contributed by atoms with van der Waals surface area (Å²) in [4.78, 5) is 2.30. The number of halogens is 1. The third-order valence-electron chi connectivity index (χ3n) is 5.18. The smallest absolute Gasteiger partial charge is 0.156 e. The molecule has 2 N–H and O–H groups in total. The molecule has 1 atom stereocenters. The third kappa shape index (κ3) is 3.45. The van der Waals surface area contributed by atoms with Crippen molar-refractivity contribution < 1.29 is 9.50 Å². The van der Waals surface area contributed by atoms with Crippen LogP contribution in [0.5, 0.6) is 5.75 Å². The first-order valence-electron chi connectivity index (χ1n) is 9.23. The number of piperidine rings is 1. The summed E-state index contributed by atoms with van der Waals surface area (Å²) in [6.45, 7) is 3.69. The fraction of sp³-hybridized carbons (Fsp3) is 0.333. The van der Waals surface area contributed by atoms with E-state index in [-0.39, 0.29) is 11.6 Å². The van der Waals surface area contributed by atoms with Gasteiger partial charge in [0.25, 0.3) is 0 Å². The molecule has 2 heterocycles. The van der Waals surface area contributed by atoms with E-state index in [1.54, 1.807) is 6.92 Å². The van der Waals surface area contributed by atoms with Crippen molar-refractivity contribution in [1.29, 1.82) is 0 Å². The minimum Gasteiger partial charge on any atom is -0.507 e. The van der Waals surface area contributed by atoms with E-state index in [0.717, 1.165) is 42.5 Å². The number of anilines is 1. The minimum absolute atomic E-state index is 0.00275. The van der Waals surface area contributed by atoms with Crippen molar-refractivity contribution in [3.05, 3.63) is 47.8 Å². The highest BCUT2D eigenvalue weighted by Crippen LogP contribution is 2.36. The molecule has 4 rings (SSSR count). The standard InChI is InChI=1S/C21H23FN4O/c1-13-10-19(27)17(11-18(13)22)20-15-7-3-4-8-16(15)21(25-24-20)23-14-6-5-9-26(2)12-14/h3-4,7-8,10-11,14,27H,5-6,9,12H2,1-2H3,(H,23,25)/t14-/m1/s1. The second kappa shape index (κ2) is 7.12. The Morgan fingerprint density at radius 2 is 1.96 bits per heavy atom. The molecule has 1 aromatic heterocycles. The first kappa shape index (κ1) is 17.7. The number of benzene rings is 2. The molecule has 2 aromatic carbocycles. The number of phenols is 1. The predicted molar refractivity (Wildman–Crippen MR) is 105 cm³/mol. The third-order valence-corrected chi connectivity index (χ3v) is 5.18. The summed E-state index contributed by atoms with van der Waals surface area (Å²) in [6, 6.07) is 10.8. The minimum atomic E-state index is -0.374. The van der Waals surface area contributed by atoms with Gasteiger partial charge < -0.3 is 15.3 Å². The molecular weight excluding hydrogens is 343 g/mol. The topological polar surface area (TPSA) is 61.3 Å². The Bertz CT molecular complexity index is 991. The van der Waals surface area contributed by atoms with Crippen molar-refractivity contribution >= 4 is 16.6 Å². The van der Waals surface area contributed by atoms with Gasteiger partial charge in [0.15, 0.2) is 5.82 Å². The molecule has 0 amide bonds. The van der Waals surface area contributed by atoms with Crippen LogP contribution in [0.25, 0.3) is 22.0 Å². The molecule has 27 heavy (non-hydrogen) atoms. The van der Waals surface area contributed by atoms with Gasteiger partial charge in [0.05, 0.1) is 0 Å². The highest BCUT2D eigenvalue weighted by Gasteiger charge is 2.20. The van der Waals surface area contributed by atoms with Crippen LogP contribution < -0.4 is 5.32 Å². The molecule has 1 aliphatic rings. The number of aryl methyl sites for hydroxylation is 1. The number of hydrogen-bond donors (Lipinski definition) is 2. The summed E-state index contributed by atoms with van der Waals surface area (Å²) in [5.74, 6) is 0.353. The molecule has 1 fully saturated rings. The van der Waals surface area contributed by atoms with Crippen LogP contribution in [0.15, 0.2) is 36.4 Å². The Morgan fingerprint density at radius 3 is 2.74 bits per heavy atom. The Labute approximate surface area is 157 Å². The second-order valence-electron chi connectivity index (χ2n) is 7.31. The Morgan fingerprint density at radius 1 is 1.19 bits per heavy atom. The first-order valence-corrected chi connectivity index (χ1v) is 9.23. The van der Waals surface area contributed by atoms with Crippen molar-refractivity contribution in [2.45, 2.75) is 25.8 Å². The van der Waals surface area contributed by atoms with Gasteiger partial charge in [-0.3, -0.25) is 0 Å². The number of phenolic OH excluding ortho intramolecular Hbond substituents is 1. The van der Waals surface area contributed by atoms with Gasteiger partial charge in [0.1, 0.15) is 17.3 Å². The van der Waals surface area contributed by atoms with Gasteiger partial charge in [-0.05, 0) is 51.1 Å². The summed E-state index contributed by atoms with van der Waals surface area (Å²) in [5, 5.41) is 24.3. The molecule has 0 bridgehead atoms. The normalized spacial score (nSPS) is 18.0. The average molecular weight is 366 g/mol. The lowest BCUT2D eigenvalue weighted by Crippen LogP contribution is -2.40. The van der Waals surface area contributed by atoms with E-state index < -0.39 is 0 Å². The Hall–Kier alpha value is -2.73. The molecule has 0 spiro atoms. The van der Waals surface area contributed by atoms with Gasteiger partial charge in [-0.25, -0.2) is 4.39 Å². The maximum absolute atomic E-state index is 14.1. The molecule has 5 nitrogen and oxygen atoms in total. The molecule has 0 unspecified atom stereocenters. The van der Waals surface area contributed by atoms with E-state index in [0.29, 0.717) is 22.9 Å². The number of aromatic hydroxyl groups is 1. The van der Waals surface area contributed by atoms with Gasteiger partial charge in [-0.1, -0.05) is 24.3 Å². The van der Waals surface area contributed by atoms with Crippen molar-refractivity contribution in [2.24, 2.45) is 0 Å². The molecule has 1 saturated heterocycles. The number of rotatable bonds is 3. The van der Waals surface area contributed by atoms with E-state index in [2.05, 4.69) is 27.5 Å². The molecule has 0 saturated carbocycles. The van der Waals surface area contributed by atoms with E-state index in [1.165, 1.54) is 12.1 Å². The quantitative estimate of drug-likeness (QED) is 0.735. The molecule has 3 aromatic rings. The molecule has 6 heteroatoms. The SMILES string of the molecule is Cc1cc(O)c(-c2nnc(N[C@@H]3CCCN(C)C3)c3ccccc23)cc1F. The van der Waals surface area contributed by atoms with Gasteiger partial charge in [-0.15, -0.1) is 10.2 Å². The zero-order valence-electron chi connectivity index (χ0n) is 15.5. The summed E-state index contributed by atoms with van der Waals surface area (Å²) in [5.41, 5.74) is 1.23. The zero-order chi connectivity index (χ0) is 19.0. The summed E-state index contributed by atoms with van der Waals surface area (Å²) < 4.78 is 14.1. The van der Waals surface area contributed by atoms with Crippen LogP contribution in [0.1, 0.15) is 18.4 Å². The van der Waals surface area contributed by atoms with E-state index >= 15 is 0 Å². The van der Waals surface area contributed by atoms with E-state index in [9.17, 15) is 9.50 Å². The molecule has 140 valence electrons. The predicted octanol–water partition coefficient (Wildman–Crippen LogP) is 3.96. The maximum Gasteiger partial charge on any atom is 0.156 e. The fourth-order valence-corrected chi connectivity index (χ4v) is 3.74. The summed E-state index contributed by atoms with van der Waals surface area (Å²) in [6.07, 6.45) is 2.24. The zero-order valence-corrected chi connectivity index (χ0v) is 15.5. The van der Waals surface area contributed by atoms with Crippen molar-refractivity contribution in [3.8, 4) is 17.0 Å². The lowest BCUT2D eigenvalue weighted by atomic mass is 10.0. The Balaban J connectivity index is 1.78. The van der Waals surface area contributed by atoms with Crippen molar-refractivity contribution in [1.82, 2.24) is 15.1 Å². The second-order valence-corrected chi connectivity index (χ2v) is 7.31. The van der Waals surface area contributed by atoms with Gasteiger partial charge >= 0.3 is 0 Å². The van der Waals surface area contributed by atoms with Crippen molar-refractivity contribution in [3.63, 3.8) is 0 Å². The van der Waals surface area contributed by atoms with E-state index in [1.807, 2.05) is 24.3 Å². The number of hydrogen-bond acceptors (Lipinski definition) is 5. The van der Waals surface area contributed by atoms with Crippen LogP contribution in [0, 0.1) is 12.7 Å². The lowest BCUT2D eigenvalue weighted by molar-refractivity contribution is 0.261. The number of likely N-dealkylation sites (N-methyl/N-ethyl adjacent to an activating group) is 1. The number of aromatic nitrogens is 2. The van der Waals surface area contributed by atoms with Gasteiger partial charge in [-0.2, -0.15) is 0 Å². The lowest BCUT2D eigenvalue weighted by Gasteiger charge is -2.30. The van der Waals surface area contributed by atoms with Crippen LogP contribution >= 0.6 is 0 Å². The average Bonchev–Trinajstić information content (AvgIpc) is 2.65. The molecule has 0 radical (unpaired) electrons. The number of likely N-dealkylation sites (tertiary alicyclic amines) is 1. The van der Waals surface area contributed by atoms with Crippen LogP contribution in [0.4, 0.5) is 10.2 Å². The van der Waals surface area contributed by atoms with Crippen LogP contribution in [-0.2, 0) is 0 Å². The molecule has 0 aliphatic carbocycles. The number of nitrogens with zero attached hydrogens (tertiary/aromatic N) is 3. The van der Waals surface area contributed by atoms with Gasteiger partial charge in [0, 0.05) is 28.9 Å². The van der Waals surface area contributed by atoms with Crippen LogP contribution in [-0.4, -0.2) is 46.4 Å². The molecule has 1 aliphatic heterocycles. The Kier molecular flexibility index (Phi) is 4.66. The largest absolute Gasteiger partial charge is 0.507 e. The summed E-state index contributed by atoms with van der Waals surface area (Å²) >= 11 is 0. The van der Waals surface area contributed by atoms with Gasteiger partial charge in [0.2, 0.25) is 0 Å². The first-order chi connectivity index (χ1) is 13.0. The van der Waals surface area contributed by atoms with Crippen LogP contribution in [0.3, 0.4) is 0 Å². The fourth-order valence-electron chi connectivity index (χ4n) is 3.74. The highest BCUT2D eigenvalue weighted by molar-refractivity contribution is 6.00. The van der Waals surface area contributed by atoms with E-state index in [4.69, 9.17) is 0 Å².